The van der Waals surface area contributed by atoms with Crippen LogP contribution in [0.15, 0.2) is 52.1 Å². The molecule has 1 heterocycles. The van der Waals surface area contributed by atoms with Crippen molar-refractivity contribution in [3.8, 4) is 11.5 Å². The van der Waals surface area contributed by atoms with Crippen LogP contribution in [-0.2, 0) is 4.79 Å². The Balaban J connectivity index is 1.60. The topological polar surface area (TPSA) is 68.0 Å². The number of nitrogens with one attached hydrogen (secondary N) is 1. The summed E-state index contributed by atoms with van der Waals surface area (Å²) >= 11 is 7.30. The molecule has 1 aromatic heterocycles. The van der Waals surface area contributed by atoms with Gasteiger partial charge in [-0.25, -0.2) is 0 Å². The van der Waals surface area contributed by atoms with E-state index in [2.05, 4.69) is 15.5 Å². The highest BCUT2D eigenvalue weighted by molar-refractivity contribution is 7.99. The van der Waals surface area contributed by atoms with Crippen molar-refractivity contribution < 1.29 is 9.21 Å². The van der Waals surface area contributed by atoms with Gasteiger partial charge < -0.3 is 9.73 Å². The Morgan fingerprint density at radius 1 is 1.20 bits per heavy atom. The minimum Gasteiger partial charge on any atom is -0.411 e. The molecular weight excluding hydrogens is 358 g/mol. The second-order valence-corrected chi connectivity index (χ2v) is 6.84. The molecule has 0 bridgehead atoms. The van der Waals surface area contributed by atoms with Gasteiger partial charge in [-0.3, -0.25) is 4.79 Å². The molecule has 0 spiro atoms. The second kappa shape index (κ2) is 7.72. The quantitative estimate of drug-likeness (QED) is 0.654. The molecule has 3 rings (SSSR count). The molecule has 3 aromatic rings. The molecule has 0 saturated heterocycles. The highest BCUT2D eigenvalue weighted by Gasteiger charge is 2.13. The Kier molecular flexibility index (Phi) is 5.40. The zero-order chi connectivity index (χ0) is 17.8. The van der Waals surface area contributed by atoms with Crippen LogP contribution >= 0.6 is 23.4 Å². The number of benzene rings is 2. The fourth-order valence-electron chi connectivity index (χ4n) is 2.28. The summed E-state index contributed by atoms with van der Waals surface area (Å²) in [6, 6.07) is 13.1. The standard InChI is InChI=1S/C18H16ClN3O2S/c1-11-7-8-15(12(2)9-11)20-16(23)10-25-18-22-21-17(24-18)13-5-3-4-6-14(13)19/h3-9H,10H2,1-2H3,(H,20,23). The van der Waals surface area contributed by atoms with Crippen LogP contribution in [0, 0.1) is 13.8 Å². The first-order valence-electron chi connectivity index (χ1n) is 7.61. The lowest BCUT2D eigenvalue weighted by Gasteiger charge is -2.08. The number of rotatable bonds is 5. The summed E-state index contributed by atoms with van der Waals surface area (Å²) in [5, 5.41) is 11.7. The van der Waals surface area contributed by atoms with Crippen LogP contribution in [0.5, 0.6) is 0 Å². The highest BCUT2D eigenvalue weighted by Crippen LogP contribution is 2.28. The molecule has 0 saturated carbocycles. The van der Waals surface area contributed by atoms with Gasteiger partial charge in [-0.1, -0.05) is 53.2 Å². The molecule has 0 aliphatic rings. The van der Waals surface area contributed by atoms with Crippen molar-refractivity contribution in [1.29, 1.82) is 0 Å². The maximum Gasteiger partial charge on any atom is 0.277 e. The van der Waals surface area contributed by atoms with Crippen molar-refractivity contribution in [2.75, 3.05) is 11.1 Å². The number of carbonyl (C=O) groups is 1. The first-order valence-corrected chi connectivity index (χ1v) is 8.97. The number of carbonyl (C=O) groups excluding carboxylic acids is 1. The van der Waals surface area contributed by atoms with E-state index >= 15 is 0 Å². The second-order valence-electron chi connectivity index (χ2n) is 5.51. The monoisotopic (exact) mass is 373 g/mol. The molecule has 128 valence electrons. The van der Waals surface area contributed by atoms with E-state index in [0.29, 0.717) is 21.7 Å². The van der Waals surface area contributed by atoms with Gasteiger partial charge in [0.1, 0.15) is 0 Å². The third-order valence-electron chi connectivity index (χ3n) is 3.49. The maximum atomic E-state index is 12.1. The number of anilines is 1. The van der Waals surface area contributed by atoms with Crippen molar-refractivity contribution in [2.24, 2.45) is 0 Å². The predicted octanol–water partition coefficient (Wildman–Crippen LogP) is 4.74. The SMILES string of the molecule is Cc1ccc(NC(=O)CSc2nnc(-c3ccccc3Cl)o2)c(C)c1. The Hall–Kier alpha value is -2.31. The van der Waals surface area contributed by atoms with Gasteiger partial charge in [0.2, 0.25) is 11.8 Å². The van der Waals surface area contributed by atoms with E-state index in [1.165, 1.54) is 11.8 Å². The lowest BCUT2D eigenvalue weighted by atomic mass is 10.1. The van der Waals surface area contributed by atoms with Crippen LogP contribution in [0.3, 0.4) is 0 Å². The zero-order valence-electron chi connectivity index (χ0n) is 13.7. The fraction of sp³-hybridized carbons (Fsp3) is 0.167. The van der Waals surface area contributed by atoms with Gasteiger partial charge in [-0.15, -0.1) is 10.2 Å². The number of aromatic nitrogens is 2. The minimum atomic E-state index is -0.130. The lowest BCUT2D eigenvalue weighted by molar-refractivity contribution is -0.113. The van der Waals surface area contributed by atoms with Crippen LogP contribution in [0.1, 0.15) is 11.1 Å². The van der Waals surface area contributed by atoms with Crippen LogP contribution in [0.25, 0.3) is 11.5 Å². The first kappa shape index (κ1) is 17.5. The number of amides is 1. The predicted molar refractivity (Wildman–Crippen MR) is 100 cm³/mol. The smallest absolute Gasteiger partial charge is 0.277 e. The number of hydrogen-bond acceptors (Lipinski definition) is 5. The van der Waals surface area contributed by atoms with E-state index in [0.717, 1.165) is 16.8 Å². The highest BCUT2D eigenvalue weighted by atomic mass is 35.5. The molecule has 25 heavy (non-hydrogen) atoms. The van der Waals surface area contributed by atoms with Gasteiger partial charge >= 0.3 is 0 Å². The van der Waals surface area contributed by atoms with Gasteiger partial charge in [-0.05, 0) is 37.6 Å². The Morgan fingerprint density at radius 3 is 2.76 bits per heavy atom. The summed E-state index contributed by atoms with van der Waals surface area (Å²) in [5.41, 5.74) is 3.65. The van der Waals surface area contributed by atoms with E-state index in [1.54, 1.807) is 12.1 Å². The molecule has 0 aliphatic carbocycles. The molecular formula is C18H16ClN3O2S. The summed E-state index contributed by atoms with van der Waals surface area (Å²) in [5.74, 6) is 0.384. The van der Waals surface area contributed by atoms with Crippen LogP contribution < -0.4 is 5.32 Å². The normalized spacial score (nSPS) is 10.7. The van der Waals surface area contributed by atoms with E-state index in [1.807, 2.05) is 44.2 Å². The van der Waals surface area contributed by atoms with Crippen molar-refractivity contribution >= 4 is 35.0 Å². The van der Waals surface area contributed by atoms with Gasteiger partial charge in [0.25, 0.3) is 5.22 Å². The summed E-state index contributed by atoms with van der Waals surface area (Å²) < 4.78 is 5.57. The molecule has 1 amide bonds. The van der Waals surface area contributed by atoms with Crippen molar-refractivity contribution in [2.45, 2.75) is 19.1 Å². The van der Waals surface area contributed by atoms with Crippen molar-refractivity contribution in [3.63, 3.8) is 0 Å². The molecule has 0 aliphatic heterocycles. The molecule has 0 radical (unpaired) electrons. The molecule has 5 nitrogen and oxygen atoms in total. The van der Waals surface area contributed by atoms with Gasteiger partial charge in [0.05, 0.1) is 16.3 Å². The van der Waals surface area contributed by atoms with Gasteiger partial charge in [0, 0.05) is 5.69 Å². The summed E-state index contributed by atoms with van der Waals surface area (Å²) in [7, 11) is 0. The van der Waals surface area contributed by atoms with E-state index < -0.39 is 0 Å². The molecule has 1 N–H and O–H groups in total. The summed E-state index contributed by atoms with van der Waals surface area (Å²) in [6.45, 7) is 3.98. The molecule has 2 aromatic carbocycles. The Labute approximate surface area is 154 Å². The van der Waals surface area contributed by atoms with Crippen molar-refractivity contribution in [1.82, 2.24) is 10.2 Å². The Bertz CT molecular complexity index is 911. The number of aryl methyl sites for hydroxylation is 2. The molecule has 0 atom stereocenters. The average molecular weight is 374 g/mol. The van der Waals surface area contributed by atoms with E-state index in [4.69, 9.17) is 16.0 Å². The van der Waals surface area contributed by atoms with Gasteiger partial charge in [-0.2, -0.15) is 0 Å². The number of thioether (sulfide) groups is 1. The van der Waals surface area contributed by atoms with E-state index in [-0.39, 0.29) is 11.7 Å². The van der Waals surface area contributed by atoms with Crippen LogP contribution in [0.4, 0.5) is 5.69 Å². The maximum absolute atomic E-state index is 12.1. The molecule has 7 heteroatoms. The number of nitrogens with zero attached hydrogens (tertiary/aromatic N) is 2. The summed E-state index contributed by atoms with van der Waals surface area (Å²) in [6.07, 6.45) is 0. The largest absolute Gasteiger partial charge is 0.411 e. The fourth-order valence-corrected chi connectivity index (χ4v) is 3.06. The van der Waals surface area contributed by atoms with Gasteiger partial charge in [0.15, 0.2) is 0 Å². The van der Waals surface area contributed by atoms with E-state index in [9.17, 15) is 4.79 Å². The average Bonchev–Trinajstić information content (AvgIpc) is 3.05. The molecule has 0 unspecified atom stereocenters. The van der Waals surface area contributed by atoms with Crippen molar-refractivity contribution in [3.05, 3.63) is 58.6 Å². The van der Waals surface area contributed by atoms with Crippen LogP contribution in [0.2, 0.25) is 5.02 Å². The number of halogens is 1. The Morgan fingerprint density at radius 2 is 2.00 bits per heavy atom. The summed E-state index contributed by atoms with van der Waals surface area (Å²) in [4.78, 5) is 12.1. The van der Waals surface area contributed by atoms with Crippen LogP contribution in [-0.4, -0.2) is 21.9 Å². The number of hydrogen-bond donors (Lipinski definition) is 1. The zero-order valence-corrected chi connectivity index (χ0v) is 15.3. The minimum absolute atomic E-state index is 0.130. The lowest BCUT2D eigenvalue weighted by Crippen LogP contribution is -2.14. The third-order valence-corrected chi connectivity index (χ3v) is 4.64. The third kappa shape index (κ3) is 4.41. The molecule has 0 fully saturated rings. The first-order chi connectivity index (χ1) is 12.0.